The summed E-state index contributed by atoms with van der Waals surface area (Å²) in [6.45, 7) is 2.05. The number of benzene rings is 2. The zero-order valence-corrected chi connectivity index (χ0v) is 17.8. The van der Waals surface area contributed by atoms with E-state index in [2.05, 4.69) is 29.6 Å². The van der Waals surface area contributed by atoms with Crippen LogP contribution in [0.15, 0.2) is 53.9 Å². The van der Waals surface area contributed by atoms with Gasteiger partial charge < -0.3 is 19.5 Å². The second-order valence-electron chi connectivity index (χ2n) is 6.64. The number of aryl methyl sites for hydroxylation is 1. The maximum absolute atomic E-state index is 12.9. The fourth-order valence-corrected chi connectivity index (χ4v) is 3.97. The van der Waals surface area contributed by atoms with Crippen LogP contribution in [0.4, 0.5) is 0 Å². The molecule has 0 aliphatic rings. The molecule has 0 radical (unpaired) electrons. The molecule has 2 aromatic carbocycles. The van der Waals surface area contributed by atoms with Gasteiger partial charge in [0.2, 0.25) is 11.7 Å². The first-order valence-electron chi connectivity index (χ1n) is 9.24. The molecule has 3 rings (SSSR count). The number of hydrogen-bond acceptors (Lipinski definition) is 5. The fourth-order valence-electron chi connectivity index (χ4n) is 3.17. The van der Waals surface area contributed by atoms with E-state index in [9.17, 15) is 4.79 Å². The third-order valence-electron chi connectivity index (χ3n) is 4.63. The van der Waals surface area contributed by atoms with Gasteiger partial charge in [0.1, 0.15) is 0 Å². The van der Waals surface area contributed by atoms with Crippen LogP contribution in [0.25, 0.3) is 0 Å². The molecule has 6 heteroatoms. The molecule has 0 aliphatic heterocycles. The van der Waals surface area contributed by atoms with Gasteiger partial charge in [0.15, 0.2) is 11.5 Å². The van der Waals surface area contributed by atoms with Gasteiger partial charge >= 0.3 is 0 Å². The van der Waals surface area contributed by atoms with E-state index in [0.717, 1.165) is 16.0 Å². The molecular formula is C23H25NO4S. The zero-order valence-electron chi connectivity index (χ0n) is 17.0. The molecule has 1 heterocycles. The average molecular weight is 412 g/mol. The Bertz CT molecular complexity index is 927. The van der Waals surface area contributed by atoms with Crippen LogP contribution < -0.4 is 19.5 Å². The van der Waals surface area contributed by atoms with Gasteiger partial charge in [0, 0.05) is 4.88 Å². The second-order valence-corrected chi connectivity index (χ2v) is 7.62. The summed E-state index contributed by atoms with van der Waals surface area (Å²) < 4.78 is 16.1. The summed E-state index contributed by atoms with van der Waals surface area (Å²) in [5.74, 6) is 1.49. The van der Waals surface area contributed by atoms with Crippen molar-refractivity contribution in [3.63, 3.8) is 0 Å². The van der Waals surface area contributed by atoms with Crippen LogP contribution in [-0.4, -0.2) is 27.2 Å². The molecule has 0 unspecified atom stereocenters. The highest BCUT2D eigenvalue weighted by molar-refractivity contribution is 7.10. The fraction of sp³-hybridized carbons (Fsp3) is 0.261. The molecule has 1 N–H and O–H groups in total. The summed E-state index contributed by atoms with van der Waals surface area (Å²) in [6.07, 6.45) is 0.199. The second kappa shape index (κ2) is 9.47. The van der Waals surface area contributed by atoms with Gasteiger partial charge in [-0.2, -0.15) is 0 Å². The van der Waals surface area contributed by atoms with Crippen LogP contribution in [0, 0.1) is 6.92 Å². The lowest BCUT2D eigenvalue weighted by molar-refractivity contribution is -0.120. The van der Waals surface area contributed by atoms with E-state index in [1.54, 1.807) is 44.8 Å². The SMILES string of the molecule is COc1cc(CC(=O)N[C@H](c2ccc(C)cc2)c2cccs2)cc(OC)c1OC. The summed E-state index contributed by atoms with van der Waals surface area (Å²) >= 11 is 1.62. The van der Waals surface area contributed by atoms with E-state index in [1.165, 1.54) is 5.56 Å². The molecular weight excluding hydrogens is 386 g/mol. The maximum Gasteiger partial charge on any atom is 0.225 e. The van der Waals surface area contributed by atoms with Crippen molar-refractivity contribution >= 4 is 17.2 Å². The van der Waals surface area contributed by atoms with Crippen molar-refractivity contribution in [3.8, 4) is 17.2 Å². The van der Waals surface area contributed by atoms with E-state index in [-0.39, 0.29) is 18.4 Å². The largest absolute Gasteiger partial charge is 0.493 e. The van der Waals surface area contributed by atoms with E-state index in [1.807, 2.05) is 24.4 Å². The van der Waals surface area contributed by atoms with Crippen molar-refractivity contribution in [2.24, 2.45) is 0 Å². The van der Waals surface area contributed by atoms with Gasteiger partial charge in [-0.25, -0.2) is 0 Å². The van der Waals surface area contributed by atoms with E-state index < -0.39 is 0 Å². The molecule has 29 heavy (non-hydrogen) atoms. The Morgan fingerprint density at radius 1 is 1.00 bits per heavy atom. The smallest absolute Gasteiger partial charge is 0.225 e. The van der Waals surface area contributed by atoms with Crippen molar-refractivity contribution in [2.45, 2.75) is 19.4 Å². The number of amides is 1. The van der Waals surface area contributed by atoms with Gasteiger partial charge in [0.25, 0.3) is 0 Å². The molecule has 0 saturated carbocycles. The van der Waals surface area contributed by atoms with E-state index in [4.69, 9.17) is 14.2 Å². The normalized spacial score (nSPS) is 11.6. The predicted molar refractivity (Wildman–Crippen MR) is 115 cm³/mol. The lowest BCUT2D eigenvalue weighted by Gasteiger charge is -2.19. The molecule has 1 amide bonds. The van der Waals surface area contributed by atoms with Crippen molar-refractivity contribution in [2.75, 3.05) is 21.3 Å². The Balaban J connectivity index is 1.83. The monoisotopic (exact) mass is 411 g/mol. The summed E-state index contributed by atoms with van der Waals surface area (Å²) in [7, 11) is 4.68. The van der Waals surface area contributed by atoms with Gasteiger partial charge in [-0.05, 0) is 41.6 Å². The first-order valence-corrected chi connectivity index (χ1v) is 10.1. The Hall–Kier alpha value is -2.99. The van der Waals surface area contributed by atoms with Crippen molar-refractivity contribution in [1.29, 1.82) is 0 Å². The van der Waals surface area contributed by atoms with Gasteiger partial charge in [-0.3, -0.25) is 4.79 Å². The van der Waals surface area contributed by atoms with Gasteiger partial charge in [0.05, 0.1) is 33.8 Å². The minimum absolute atomic E-state index is 0.0850. The van der Waals surface area contributed by atoms with Crippen LogP contribution in [0.3, 0.4) is 0 Å². The molecule has 0 fully saturated rings. The number of hydrogen-bond donors (Lipinski definition) is 1. The summed E-state index contributed by atoms with van der Waals surface area (Å²) in [5, 5.41) is 5.18. The Morgan fingerprint density at radius 2 is 1.66 bits per heavy atom. The third kappa shape index (κ3) is 4.90. The quantitative estimate of drug-likeness (QED) is 0.592. The maximum atomic E-state index is 12.9. The molecule has 152 valence electrons. The zero-order chi connectivity index (χ0) is 20.8. The van der Waals surface area contributed by atoms with Crippen LogP contribution in [0.5, 0.6) is 17.2 Å². The summed E-state index contributed by atoms with van der Waals surface area (Å²) in [6, 6.07) is 15.7. The number of ether oxygens (including phenoxy) is 3. The molecule has 5 nitrogen and oxygen atoms in total. The van der Waals surface area contributed by atoms with Crippen LogP contribution >= 0.6 is 11.3 Å². The number of methoxy groups -OCH3 is 3. The van der Waals surface area contributed by atoms with Crippen LogP contribution in [-0.2, 0) is 11.2 Å². The number of nitrogens with one attached hydrogen (secondary N) is 1. The summed E-state index contributed by atoms with van der Waals surface area (Å²) in [4.78, 5) is 14.0. The highest BCUT2D eigenvalue weighted by atomic mass is 32.1. The minimum Gasteiger partial charge on any atom is -0.493 e. The van der Waals surface area contributed by atoms with Crippen LogP contribution in [0.2, 0.25) is 0 Å². The first-order chi connectivity index (χ1) is 14.0. The molecule has 3 aromatic rings. The molecule has 0 spiro atoms. The molecule has 0 saturated heterocycles. The summed E-state index contributed by atoms with van der Waals surface area (Å²) in [5.41, 5.74) is 3.02. The van der Waals surface area contributed by atoms with E-state index in [0.29, 0.717) is 17.2 Å². The molecule has 0 aliphatic carbocycles. The standard InChI is InChI=1S/C23H25NO4S/c1-15-7-9-17(10-8-15)22(20-6-5-11-29-20)24-21(25)14-16-12-18(26-2)23(28-4)19(13-16)27-3/h5-13,22H,14H2,1-4H3,(H,24,25)/t22-/m1/s1. The average Bonchev–Trinajstić information content (AvgIpc) is 3.26. The third-order valence-corrected chi connectivity index (χ3v) is 5.57. The number of carbonyl (C=O) groups excluding carboxylic acids is 1. The number of carbonyl (C=O) groups is 1. The van der Waals surface area contributed by atoms with Gasteiger partial charge in [-0.15, -0.1) is 11.3 Å². The van der Waals surface area contributed by atoms with Crippen LogP contribution in [0.1, 0.15) is 27.6 Å². The van der Waals surface area contributed by atoms with E-state index >= 15 is 0 Å². The van der Waals surface area contributed by atoms with Gasteiger partial charge in [-0.1, -0.05) is 35.9 Å². The Morgan fingerprint density at radius 3 is 2.17 bits per heavy atom. The molecule has 1 aromatic heterocycles. The highest BCUT2D eigenvalue weighted by Gasteiger charge is 2.20. The topological polar surface area (TPSA) is 56.8 Å². The molecule has 1 atom stereocenters. The van der Waals surface area contributed by atoms with Crippen molar-refractivity contribution in [1.82, 2.24) is 5.32 Å². The first kappa shape index (κ1) is 20.7. The Labute approximate surface area is 175 Å². The highest BCUT2D eigenvalue weighted by Crippen LogP contribution is 2.38. The number of rotatable bonds is 8. The predicted octanol–water partition coefficient (Wildman–Crippen LogP) is 4.53. The van der Waals surface area contributed by atoms with Crippen molar-refractivity contribution < 1.29 is 19.0 Å². The Kier molecular flexibility index (Phi) is 6.77. The lowest BCUT2D eigenvalue weighted by atomic mass is 10.0. The van der Waals surface area contributed by atoms with Crippen molar-refractivity contribution in [3.05, 3.63) is 75.5 Å². The molecule has 0 bridgehead atoms. The number of thiophene rings is 1. The minimum atomic E-state index is -0.190. The lowest BCUT2D eigenvalue weighted by Crippen LogP contribution is -2.30.